The van der Waals surface area contributed by atoms with Crippen molar-refractivity contribution in [2.75, 3.05) is 6.54 Å². The van der Waals surface area contributed by atoms with Gasteiger partial charge in [0.2, 0.25) is 5.91 Å². The summed E-state index contributed by atoms with van der Waals surface area (Å²) in [4.78, 5) is 11.4. The molecule has 0 bridgehead atoms. The highest BCUT2D eigenvalue weighted by Crippen LogP contribution is 2.16. The van der Waals surface area contributed by atoms with Crippen molar-refractivity contribution in [3.63, 3.8) is 0 Å². The summed E-state index contributed by atoms with van der Waals surface area (Å²) >= 11 is 0. The molecule has 2 atom stereocenters. The first-order valence-electron chi connectivity index (χ1n) is 5.21. The normalized spacial score (nSPS) is 21.0. The van der Waals surface area contributed by atoms with Crippen LogP contribution in [0.2, 0.25) is 0 Å². The van der Waals surface area contributed by atoms with Gasteiger partial charge in [-0.3, -0.25) is 4.79 Å². The van der Waals surface area contributed by atoms with Gasteiger partial charge in [-0.2, -0.15) is 0 Å². The molecule has 1 amide bonds. The fourth-order valence-electron chi connectivity index (χ4n) is 1.54. The highest BCUT2D eigenvalue weighted by molar-refractivity contribution is 5.81. The minimum absolute atomic E-state index is 0.0992. The van der Waals surface area contributed by atoms with E-state index < -0.39 is 6.04 Å². The smallest absolute Gasteiger partial charge is 0.237 e. The van der Waals surface area contributed by atoms with Gasteiger partial charge >= 0.3 is 0 Å². The second-order valence-electron chi connectivity index (χ2n) is 3.68. The largest absolute Gasteiger partial charge is 0.351 e. The molecule has 0 aromatic rings. The standard InChI is InChI=1S/C12H18N2O/c1-2-8-14-12(15)11(13)9-10-6-4-3-5-7-10/h2-6,10-11H,1,7-9,13H2,(H,14,15)/t10?,11-/m0/s1. The number of hydrogen-bond acceptors (Lipinski definition) is 2. The molecule has 1 unspecified atom stereocenters. The van der Waals surface area contributed by atoms with E-state index in [2.05, 4.69) is 24.0 Å². The molecule has 0 heterocycles. The van der Waals surface area contributed by atoms with Gasteiger partial charge in [-0.15, -0.1) is 6.58 Å². The number of nitrogens with one attached hydrogen (secondary N) is 1. The Morgan fingerprint density at radius 2 is 2.47 bits per heavy atom. The number of allylic oxidation sites excluding steroid dienone is 4. The van der Waals surface area contributed by atoms with Crippen LogP contribution in [-0.4, -0.2) is 18.5 Å². The molecule has 3 N–H and O–H groups in total. The molecule has 0 spiro atoms. The Morgan fingerprint density at radius 3 is 3.07 bits per heavy atom. The first-order chi connectivity index (χ1) is 7.24. The van der Waals surface area contributed by atoms with E-state index in [1.54, 1.807) is 6.08 Å². The number of nitrogens with two attached hydrogens (primary N) is 1. The summed E-state index contributed by atoms with van der Waals surface area (Å²) in [5.41, 5.74) is 5.78. The molecular weight excluding hydrogens is 188 g/mol. The summed E-state index contributed by atoms with van der Waals surface area (Å²) in [6.45, 7) is 4.01. The average molecular weight is 206 g/mol. The van der Waals surface area contributed by atoms with Crippen molar-refractivity contribution in [3.8, 4) is 0 Å². The lowest BCUT2D eigenvalue weighted by Crippen LogP contribution is -2.41. The van der Waals surface area contributed by atoms with Gasteiger partial charge in [0.25, 0.3) is 0 Å². The monoisotopic (exact) mass is 206 g/mol. The van der Waals surface area contributed by atoms with Crippen molar-refractivity contribution < 1.29 is 4.79 Å². The second kappa shape index (κ2) is 6.19. The van der Waals surface area contributed by atoms with Crippen molar-refractivity contribution in [2.45, 2.75) is 18.9 Å². The Balaban J connectivity index is 2.30. The van der Waals surface area contributed by atoms with Crippen LogP contribution in [0.15, 0.2) is 37.0 Å². The maximum atomic E-state index is 11.4. The van der Waals surface area contributed by atoms with Crippen LogP contribution in [0, 0.1) is 5.92 Å². The summed E-state index contributed by atoms with van der Waals surface area (Å²) in [6.07, 6.45) is 11.5. The quantitative estimate of drug-likeness (QED) is 0.663. The molecule has 3 nitrogen and oxygen atoms in total. The molecule has 0 saturated heterocycles. The Bertz CT molecular complexity index is 281. The van der Waals surface area contributed by atoms with Gasteiger partial charge in [0.1, 0.15) is 0 Å². The van der Waals surface area contributed by atoms with E-state index in [0.717, 1.165) is 6.42 Å². The molecule has 0 aromatic heterocycles. The van der Waals surface area contributed by atoms with E-state index in [1.807, 2.05) is 12.2 Å². The van der Waals surface area contributed by atoms with Crippen LogP contribution < -0.4 is 11.1 Å². The second-order valence-corrected chi connectivity index (χ2v) is 3.68. The van der Waals surface area contributed by atoms with E-state index in [4.69, 9.17) is 5.73 Å². The minimum Gasteiger partial charge on any atom is -0.351 e. The number of carbonyl (C=O) groups is 1. The molecule has 0 saturated carbocycles. The summed E-state index contributed by atoms with van der Waals surface area (Å²) in [6, 6.07) is -0.425. The van der Waals surface area contributed by atoms with Gasteiger partial charge in [0, 0.05) is 6.54 Å². The van der Waals surface area contributed by atoms with Crippen molar-refractivity contribution in [2.24, 2.45) is 11.7 Å². The van der Waals surface area contributed by atoms with Gasteiger partial charge < -0.3 is 11.1 Å². The maximum Gasteiger partial charge on any atom is 0.237 e. The topological polar surface area (TPSA) is 55.1 Å². The predicted octanol–water partition coefficient (Wildman–Crippen LogP) is 1.14. The Labute approximate surface area is 90.7 Å². The number of carbonyl (C=O) groups excluding carboxylic acids is 1. The highest BCUT2D eigenvalue weighted by Gasteiger charge is 2.17. The molecule has 0 aromatic carbocycles. The van der Waals surface area contributed by atoms with Crippen molar-refractivity contribution >= 4 is 5.91 Å². The summed E-state index contributed by atoms with van der Waals surface area (Å²) in [7, 11) is 0. The van der Waals surface area contributed by atoms with Crippen molar-refractivity contribution in [1.82, 2.24) is 5.32 Å². The van der Waals surface area contributed by atoms with Crippen LogP contribution in [0.3, 0.4) is 0 Å². The van der Waals surface area contributed by atoms with Crippen LogP contribution in [0.4, 0.5) is 0 Å². The third kappa shape index (κ3) is 4.13. The fraction of sp³-hybridized carbons (Fsp3) is 0.417. The van der Waals surface area contributed by atoms with Crippen LogP contribution in [0.25, 0.3) is 0 Å². The Morgan fingerprint density at radius 1 is 1.67 bits per heavy atom. The van der Waals surface area contributed by atoms with E-state index in [0.29, 0.717) is 18.9 Å². The first kappa shape index (κ1) is 11.7. The third-order valence-corrected chi connectivity index (χ3v) is 2.38. The van der Waals surface area contributed by atoms with Gasteiger partial charge in [-0.05, 0) is 18.8 Å². The first-order valence-corrected chi connectivity index (χ1v) is 5.21. The van der Waals surface area contributed by atoms with E-state index in [1.165, 1.54) is 0 Å². The van der Waals surface area contributed by atoms with Crippen LogP contribution in [-0.2, 0) is 4.79 Å². The molecule has 3 heteroatoms. The van der Waals surface area contributed by atoms with Crippen molar-refractivity contribution in [1.29, 1.82) is 0 Å². The van der Waals surface area contributed by atoms with E-state index >= 15 is 0 Å². The fourth-order valence-corrected chi connectivity index (χ4v) is 1.54. The van der Waals surface area contributed by atoms with E-state index in [9.17, 15) is 4.79 Å². The average Bonchev–Trinajstić information content (AvgIpc) is 2.27. The van der Waals surface area contributed by atoms with Crippen molar-refractivity contribution in [3.05, 3.63) is 37.0 Å². The van der Waals surface area contributed by atoms with Crippen LogP contribution >= 0.6 is 0 Å². The lowest BCUT2D eigenvalue weighted by Gasteiger charge is -2.17. The third-order valence-electron chi connectivity index (χ3n) is 2.38. The molecule has 82 valence electrons. The molecule has 0 aliphatic heterocycles. The number of hydrogen-bond donors (Lipinski definition) is 2. The molecule has 1 rings (SSSR count). The lowest BCUT2D eigenvalue weighted by molar-refractivity contribution is -0.122. The summed E-state index contributed by atoms with van der Waals surface area (Å²) in [5.74, 6) is 0.289. The zero-order valence-corrected chi connectivity index (χ0v) is 8.86. The molecule has 15 heavy (non-hydrogen) atoms. The Kier molecular flexibility index (Phi) is 4.84. The Hall–Kier alpha value is -1.35. The predicted molar refractivity (Wildman–Crippen MR) is 62.2 cm³/mol. The van der Waals surface area contributed by atoms with Crippen LogP contribution in [0.1, 0.15) is 12.8 Å². The van der Waals surface area contributed by atoms with Gasteiger partial charge in [0.15, 0.2) is 0 Å². The summed E-state index contributed by atoms with van der Waals surface area (Å²) < 4.78 is 0. The molecule has 0 fully saturated rings. The van der Waals surface area contributed by atoms with Gasteiger partial charge in [-0.1, -0.05) is 30.4 Å². The molecule has 0 radical (unpaired) electrons. The number of amides is 1. The SMILES string of the molecule is C=CCNC(=O)[C@@H](N)CC1C=CC=CC1. The summed E-state index contributed by atoms with van der Waals surface area (Å²) in [5, 5.41) is 2.70. The highest BCUT2D eigenvalue weighted by atomic mass is 16.2. The zero-order valence-electron chi connectivity index (χ0n) is 8.86. The van der Waals surface area contributed by atoms with Gasteiger partial charge in [-0.25, -0.2) is 0 Å². The maximum absolute atomic E-state index is 11.4. The zero-order chi connectivity index (χ0) is 11.1. The molecule has 1 aliphatic rings. The van der Waals surface area contributed by atoms with Gasteiger partial charge in [0.05, 0.1) is 6.04 Å². The van der Waals surface area contributed by atoms with E-state index in [-0.39, 0.29) is 5.91 Å². The minimum atomic E-state index is -0.425. The molecular formula is C12H18N2O. The number of rotatable bonds is 5. The van der Waals surface area contributed by atoms with Crippen LogP contribution in [0.5, 0.6) is 0 Å². The lowest BCUT2D eigenvalue weighted by atomic mass is 9.93. The molecule has 1 aliphatic carbocycles.